The highest BCUT2D eigenvalue weighted by atomic mass is 28.2. The maximum Gasteiger partial charge on any atom is 0.152 e. The lowest BCUT2D eigenvalue weighted by molar-refractivity contribution is 0.498. The molecule has 1 nitrogen and oxygen atoms in total. The zero-order valence-corrected chi connectivity index (χ0v) is 8.98. The van der Waals surface area contributed by atoms with Gasteiger partial charge in [-0.15, -0.1) is 0 Å². The Hall–Kier alpha value is -0.603. The molecule has 0 aliphatic rings. The molecule has 1 aromatic rings. The fourth-order valence-corrected chi connectivity index (χ4v) is 2.34. The van der Waals surface area contributed by atoms with Gasteiger partial charge in [0.15, 0.2) is 9.68 Å². The Bertz CT molecular complexity index is 206. The number of benzene rings is 1. The first-order valence-corrected chi connectivity index (χ1v) is 5.60. The molecule has 0 bridgehead atoms. The molecular weight excluding hydrogens is 162 g/mol. The minimum atomic E-state index is 0.332. The van der Waals surface area contributed by atoms with Gasteiger partial charge >= 0.3 is 0 Å². The summed E-state index contributed by atoms with van der Waals surface area (Å²) >= 11 is 0. The predicted octanol–water partition coefficient (Wildman–Crippen LogP) is 1.01. The summed E-state index contributed by atoms with van der Waals surface area (Å²) in [4.78, 5) is 0. The van der Waals surface area contributed by atoms with Crippen molar-refractivity contribution in [2.24, 2.45) is 0 Å². The van der Waals surface area contributed by atoms with Crippen molar-refractivity contribution >= 4 is 14.9 Å². The van der Waals surface area contributed by atoms with Gasteiger partial charge in [0.1, 0.15) is 0 Å². The topological polar surface area (TPSA) is 3.24 Å². The van der Waals surface area contributed by atoms with Crippen LogP contribution < -0.4 is 5.19 Å². The Morgan fingerprint density at radius 3 is 2.17 bits per heavy atom. The zero-order valence-electron chi connectivity index (χ0n) is 7.83. The van der Waals surface area contributed by atoms with E-state index in [1.54, 1.807) is 0 Å². The van der Waals surface area contributed by atoms with E-state index in [0.29, 0.717) is 9.68 Å². The van der Waals surface area contributed by atoms with Crippen molar-refractivity contribution in [1.82, 2.24) is 4.57 Å². The Balaban J connectivity index is 2.51. The van der Waals surface area contributed by atoms with Crippen LogP contribution in [0.4, 0.5) is 0 Å². The van der Waals surface area contributed by atoms with E-state index in [1.807, 2.05) is 0 Å². The molecule has 65 valence electrons. The molecule has 1 radical (unpaired) electrons. The third kappa shape index (κ3) is 2.79. The Morgan fingerprint density at radius 2 is 1.67 bits per heavy atom. The Morgan fingerprint density at radius 1 is 1.08 bits per heavy atom. The van der Waals surface area contributed by atoms with Crippen LogP contribution in [-0.4, -0.2) is 27.3 Å². The molecule has 0 saturated heterocycles. The van der Waals surface area contributed by atoms with Gasteiger partial charge in [-0.1, -0.05) is 44.2 Å². The highest BCUT2D eigenvalue weighted by Gasteiger charge is 2.00. The largest absolute Gasteiger partial charge is 0.324 e. The van der Waals surface area contributed by atoms with Crippen molar-refractivity contribution in [3.63, 3.8) is 0 Å². The molecule has 1 aromatic carbocycles. The minimum absolute atomic E-state index is 0.332. The van der Waals surface area contributed by atoms with E-state index in [9.17, 15) is 0 Å². The first kappa shape index (κ1) is 9.48. The van der Waals surface area contributed by atoms with Gasteiger partial charge in [0.25, 0.3) is 0 Å². The van der Waals surface area contributed by atoms with Crippen molar-refractivity contribution in [3.05, 3.63) is 30.3 Å². The van der Waals surface area contributed by atoms with Crippen molar-refractivity contribution < 1.29 is 0 Å². The van der Waals surface area contributed by atoms with Crippen LogP contribution in [0.15, 0.2) is 30.3 Å². The van der Waals surface area contributed by atoms with E-state index in [1.165, 1.54) is 18.3 Å². The van der Waals surface area contributed by atoms with Crippen molar-refractivity contribution in [1.29, 1.82) is 0 Å². The standard InChI is InChI=1S/C10H16NSi/c1-3-11(4-2)12-10-8-6-5-7-9-10/h5-9,12H,3-4H2,1-2H3. The van der Waals surface area contributed by atoms with E-state index < -0.39 is 0 Å². The molecule has 0 amide bonds. The predicted molar refractivity (Wildman–Crippen MR) is 56.1 cm³/mol. The third-order valence-electron chi connectivity index (χ3n) is 1.94. The average Bonchev–Trinajstić information content (AvgIpc) is 2.16. The lowest BCUT2D eigenvalue weighted by Gasteiger charge is -2.16. The SMILES string of the molecule is CCN(CC)[SiH]c1ccccc1. The van der Waals surface area contributed by atoms with Gasteiger partial charge in [-0.2, -0.15) is 0 Å². The molecule has 0 N–H and O–H groups in total. The van der Waals surface area contributed by atoms with E-state index in [-0.39, 0.29) is 0 Å². The van der Waals surface area contributed by atoms with Crippen LogP contribution in [0.2, 0.25) is 0 Å². The molecule has 0 unspecified atom stereocenters. The summed E-state index contributed by atoms with van der Waals surface area (Å²) in [5.41, 5.74) is 0. The third-order valence-corrected chi connectivity index (χ3v) is 3.72. The van der Waals surface area contributed by atoms with Gasteiger partial charge in [0.05, 0.1) is 0 Å². The summed E-state index contributed by atoms with van der Waals surface area (Å²) < 4.78 is 2.50. The summed E-state index contributed by atoms with van der Waals surface area (Å²) in [5, 5.41) is 1.49. The van der Waals surface area contributed by atoms with Gasteiger partial charge in [-0.3, -0.25) is 0 Å². The number of rotatable bonds is 4. The number of hydrogen-bond donors (Lipinski definition) is 0. The Labute approximate surface area is 77.3 Å². The molecule has 0 aliphatic heterocycles. The van der Waals surface area contributed by atoms with E-state index >= 15 is 0 Å². The molecule has 0 saturated carbocycles. The number of nitrogens with zero attached hydrogens (tertiary/aromatic N) is 1. The molecule has 1 rings (SSSR count). The van der Waals surface area contributed by atoms with Crippen LogP contribution in [0.1, 0.15) is 13.8 Å². The van der Waals surface area contributed by atoms with Crippen LogP contribution in [0.3, 0.4) is 0 Å². The van der Waals surface area contributed by atoms with E-state index in [2.05, 4.69) is 48.7 Å². The fraction of sp³-hybridized carbons (Fsp3) is 0.400. The maximum absolute atomic E-state index is 2.50. The van der Waals surface area contributed by atoms with Crippen LogP contribution >= 0.6 is 0 Å². The van der Waals surface area contributed by atoms with Crippen LogP contribution in [0.5, 0.6) is 0 Å². The molecule has 0 aromatic heterocycles. The first-order chi connectivity index (χ1) is 5.86. The molecule has 2 heteroatoms. The van der Waals surface area contributed by atoms with Crippen molar-refractivity contribution in [3.8, 4) is 0 Å². The maximum atomic E-state index is 2.50. The summed E-state index contributed by atoms with van der Waals surface area (Å²) in [5.74, 6) is 0. The smallest absolute Gasteiger partial charge is 0.152 e. The number of hydrogen-bond acceptors (Lipinski definition) is 1. The van der Waals surface area contributed by atoms with Crippen LogP contribution in [-0.2, 0) is 0 Å². The molecule has 0 spiro atoms. The summed E-state index contributed by atoms with van der Waals surface area (Å²) in [6, 6.07) is 10.7. The highest BCUT2D eigenvalue weighted by molar-refractivity contribution is 6.50. The normalized spacial score (nSPS) is 10.6. The quantitative estimate of drug-likeness (QED) is 0.622. The summed E-state index contributed by atoms with van der Waals surface area (Å²) in [7, 11) is 0.332. The highest BCUT2D eigenvalue weighted by Crippen LogP contribution is 1.86. The molecular formula is C10H16NSi. The molecule has 0 aliphatic carbocycles. The molecule has 0 fully saturated rings. The minimum Gasteiger partial charge on any atom is -0.324 e. The molecule has 12 heavy (non-hydrogen) atoms. The van der Waals surface area contributed by atoms with Gasteiger partial charge in [-0.05, 0) is 18.3 Å². The monoisotopic (exact) mass is 178 g/mol. The van der Waals surface area contributed by atoms with Crippen LogP contribution in [0.25, 0.3) is 0 Å². The van der Waals surface area contributed by atoms with E-state index in [4.69, 9.17) is 0 Å². The molecule has 0 atom stereocenters. The van der Waals surface area contributed by atoms with E-state index in [0.717, 1.165) is 0 Å². The van der Waals surface area contributed by atoms with Crippen molar-refractivity contribution in [2.75, 3.05) is 13.1 Å². The zero-order chi connectivity index (χ0) is 8.81. The van der Waals surface area contributed by atoms with Gasteiger partial charge in [-0.25, -0.2) is 0 Å². The lowest BCUT2D eigenvalue weighted by Crippen LogP contribution is -2.35. The lowest BCUT2D eigenvalue weighted by atomic mass is 10.4. The Kier molecular flexibility index (Phi) is 4.04. The first-order valence-electron chi connectivity index (χ1n) is 4.50. The van der Waals surface area contributed by atoms with Crippen molar-refractivity contribution in [2.45, 2.75) is 13.8 Å². The summed E-state index contributed by atoms with van der Waals surface area (Å²) in [6.45, 7) is 6.78. The second-order valence-corrected chi connectivity index (χ2v) is 4.42. The van der Waals surface area contributed by atoms with Gasteiger partial charge in [0, 0.05) is 0 Å². The average molecular weight is 178 g/mol. The molecule has 0 heterocycles. The van der Waals surface area contributed by atoms with Gasteiger partial charge in [0.2, 0.25) is 0 Å². The van der Waals surface area contributed by atoms with Gasteiger partial charge < -0.3 is 4.57 Å². The second-order valence-electron chi connectivity index (χ2n) is 2.76. The fourth-order valence-electron chi connectivity index (χ4n) is 1.16. The summed E-state index contributed by atoms with van der Waals surface area (Å²) in [6.07, 6.45) is 0. The van der Waals surface area contributed by atoms with Crippen LogP contribution in [0, 0.1) is 0 Å². The second kappa shape index (κ2) is 5.12.